The molecule has 2 aliphatic rings. The molecule has 0 bridgehead atoms. The molecule has 2 aliphatic heterocycles. The highest BCUT2D eigenvalue weighted by molar-refractivity contribution is 6.35. The van der Waals surface area contributed by atoms with E-state index in [-0.39, 0.29) is 11.8 Å². The Labute approximate surface area is 142 Å². The van der Waals surface area contributed by atoms with Crippen LogP contribution in [0.25, 0.3) is 5.57 Å². The van der Waals surface area contributed by atoms with Crippen LogP contribution in [0.5, 0.6) is 5.75 Å². The molecule has 6 heteroatoms. The van der Waals surface area contributed by atoms with E-state index in [1.54, 1.807) is 7.11 Å². The second-order valence-corrected chi connectivity index (χ2v) is 6.10. The van der Waals surface area contributed by atoms with Crippen LogP contribution < -0.4 is 4.74 Å². The van der Waals surface area contributed by atoms with Crippen LogP contribution in [0.1, 0.15) is 12.5 Å². The first-order valence-corrected chi connectivity index (χ1v) is 8.25. The van der Waals surface area contributed by atoms with Crippen molar-refractivity contribution in [2.24, 2.45) is 0 Å². The number of likely N-dealkylation sites (N-methyl/N-ethyl adjacent to an activating group) is 2. The lowest BCUT2D eigenvalue weighted by Crippen LogP contribution is -2.46. The summed E-state index contributed by atoms with van der Waals surface area (Å²) in [6, 6.07) is 7.32. The minimum absolute atomic E-state index is 0.183. The van der Waals surface area contributed by atoms with Crippen LogP contribution in [0.4, 0.5) is 0 Å². The fraction of sp³-hybridized carbons (Fsp3) is 0.444. The van der Waals surface area contributed by atoms with E-state index in [0.717, 1.165) is 37.5 Å². The van der Waals surface area contributed by atoms with Crippen molar-refractivity contribution in [1.82, 2.24) is 14.7 Å². The maximum absolute atomic E-state index is 12.8. The monoisotopic (exact) mass is 329 g/mol. The summed E-state index contributed by atoms with van der Waals surface area (Å²) in [5.41, 5.74) is 1.81. The van der Waals surface area contributed by atoms with E-state index >= 15 is 0 Å². The number of rotatable bonds is 4. The molecule has 1 fully saturated rings. The van der Waals surface area contributed by atoms with Gasteiger partial charge in [-0.2, -0.15) is 0 Å². The number of carbonyl (C=O) groups is 2. The smallest absolute Gasteiger partial charge is 0.277 e. The first-order chi connectivity index (χ1) is 11.6. The van der Waals surface area contributed by atoms with Crippen molar-refractivity contribution < 1.29 is 14.3 Å². The van der Waals surface area contributed by atoms with Gasteiger partial charge in [0.25, 0.3) is 11.8 Å². The molecule has 6 nitrogen and oxygen atoms in total. The number of hydrogen-bond donors (Lipinski definition) is 0. The zero-order valence-electron chi connectivity index (χ0n) is 14.4. The van der Waals surface area contributed by atoms with Crippen molar-refractivity contribution in [2.45, 2.75) is 6.92 Å². The third kappa shape index (κ3) is 2.78. The Morgan fingerprint density at radius 3 is 2.17 bits per heavy atom. The Hall–Kier alpha value is -2.34. The molecular weight excluding hydrogens is 306 g/mol. The zero-order chi connectivity index (χ0) is 17.3. The van der Waals surface area contributed by atoms with Gasteiger partial charge in [-0.25, -0.2) is 0 Å². The number of hydrogen-bond acceptors (Lipinski definition) is 5. The second-order valence-electron chi connectivity index (χ2n) is 6.10. The largest absolute Gasteiger partial charge is 0.497 e. The van der Waals surface area contributed by atoms with E-state index in [0.29, 0.717) is 17.8 Å². The zero-order valence-corrected chi connectivity index (χ0v) is 14.4. The van der Waals surface area contributed by atoms with Crippen molar-refractivity contribution in [2.75, 3.05) is 46.9 Å². The Morgan fingerprint density at radius 1 is 1.00 bits per heavy atom. The molecule has 128 valence electrons. The number of piperazine rings is 1. The lowest BCUT2D eigenvalue weighted by atomic mass is 10.0. The molecule has 0 aliphatic carbocycles. The molecule has 2 heterocycles. The summed E-state index contributed by atoms with van der Waals surface area (Å²) in [5.74, 6) is 0.337. The van der Waals surface area contributed by atoms with Gasteiger partial charge in [0.15, 0.2) is 0 Å². The van der Waals surface area contributed by atoms with E-state index in [1.807, 2.05) is 31.2 Å². The summed E-state index contributed by atoms with van der Waals surface area (Å²) in [4.78, 5) is 31.2. The maximum Gasteiger partial charge on any atom is 0.277 e. The molecule has 2 amide bonds. The van der Waals surface area contributed by atoms with Gasteiger partial charge in [0.2, 0.25) is 0 Å². The number of ether oxygens (including phenoxy) is 1. The van der Waals surface area contributed by atoms with Crippen molar-refractivity contribution in [1.29, 1.82) is 0 Å². The molecule has 0 radical (unpaired) electrons. The normalized spacial score (nSPS) is 19.5. The van der Waals surface area contributed by atoms with Crippen molar-refractivity contribution in [3.63, 3.8) is 0 Å². The van der Waals surface area contributed by atoms with E-state index in [2.05, 4.69) is 16.8 Å². The third-order valence-corrected chi connectivity index (χ3v) is 4.66. The number of nitrogens with zero attached hydrogens (tertiary/aromatic N) is 3. The van der Waals surface area contributed by atoms with E-state index < -0.39 is 0 Å². The summed E-state index contributed by atoms with van der Waals surface area (Å²) in [5, 5.41) is 0. The summed E-state index contributed by atoms with van der Waals surface area (Å²) in [6.07, 6.45) is 0. The van der Waals surface area contributed by atoms with Gasteiger partial charge >= 0.3 is 0 Å². The summed E-state index contributed by atoms with van der Waals surface area (Å²) in [6.45, 7) is 5.48. The van der Waals surface area contributed by atoms with Gasteiger partial charge in [0, 0.05) is 32.7 Å². The van der Waals surface area contributed by atoms with Crippen LogP contribution in [0.15, 0.2) is 30.0 Å². The Balaban J connectivity index is 2.03. The van der Waals surface area contributed by atoms with E-state index in [1.165, 1.54) is 4.90 Å². The Kier molecular flexibility index (Phi) is 4.57. The number of amides is 2. The van der Waals surface area contributed by atoms with Crippen LogP contribution in [0.3, 0.4) is 0 Å². The van der Waals surface area contributed by atoms with Crippen LogP contribution in [0.2, 0.25) is 0 Å². The molecule has 0 aromatic heterocycles. The van der Waals surface area contributed by atoms with Gasteiger partial charge in [-0.3, -0.25) is 14.5 Å². The van der Waals surface area contributed by atoms with Crippen molar-refractivity contribution >= 4 is 17.4 Å². The van der Waals surface area contributed by atoms with Gasteiger partial charge in [0.05, 0.1) is 12.7 Å². The van der Waals surface area contributed by atoms with Gasteiger partial charge in [0.1, 0.15) is 11.4 Å². The lowest BCUT2D eigenvalue weighted by Gasteiger charge is -2.34. The quantitative estimate of drug-likeness (QED) is 0.773. The molecule has 0 unspecified atom stereocenters. The van der Waals surface area contributed by atoms with Gasteiger partial charge in [-0.1, -0.05) is 12.1 Å². The second kappa shape index (κ2) is 6.65. The summed E-state index contributed by atoms with van der Waals surface area (Å²) in [7, 11) is 3.67. The topological polar surface area (TPSA) is 53.1 Å². The highest BCUT2D eigenvalue weighted by Gasteiger charge is 2.41. The molecule has 24 heavy (non-hydrogen) atoms. The minimum atomic E-state index is -0.207. The summed E-state index contributed by atoms with van der Waals surface area (Å²) >= 11 is 0. The SMILES string of the molecule is CCN1C(=O)C(c2ccc(OC)cc2)=C(N2CCN(C)CC2)C1=O. The van der Waals surface area contributed by atoms with E-state index in [4.69, 9.17) is 4.74 Å². The van der Waals surface area contributed by atoms with Crippen LogP contribution in [-0.4, -0.2) is 73.4 Å². The van der Waals surface area contributed by atoms with Crippen molar-refractivity contribution in [3.05, 3.63) is 35.5 Å². The standard InChI is InChI=1S/C18H23N3O3/c1-4-21-17(22)15(13-5-7-14(24-3)8-6-13)16(18(21)23)20-11-9-19(2)10-12-20/h5-8H,4,9-12H2,1-3H3. The first-order valence-electron chi connectivity index (χ1n) is 8.25. The molecule has 0 spiro atoms. The molecular formula is C18H23N3O3. The number of methoxy groups -OCH3 is 1. The van der Waals surface area contributed by atoms with Crippen LogP contribution in [0, 0.1) is 0 Å². The van der Waals surface area contributed by atoms with Crippen molar-refractivity contribution in [3.8, 4) is 5.75 Å². The van der Waals surface area contributed by atoms with Crippen LogP contribution >= 0.6 is 0 Å². The minimum Gasteiger partial charge on any atom is -0.497 e. The average Bonchev–Trinajstić information content (AvgIpc) is 2.86. The third-order valence-electron chi connectivity index (χ3n) is 4.66. The predicted molar refractivity (Wildman–Crippen MR) is 91.4 cm³/mol. The van der Waals surface area contributed by atoms with Gasteiger partial charge in [-0.15, -0.1) is 0 Å². The predicted octanol–water partition coefficient (Wildman–Crippen LogP) is 1.04. The molecule has 3 rings (SSSR count). The first kappa shape index (κ1) is 16.5. The molecule has 0 N–H and O–H groups in total. The molecule has 1 aromatic rings. The van der Waals surface area contributed by atoms with Gasteiger partial charge in [-0.05, 0) is 31.7 Å². The maximum atomic E-state index is 12.8. The Bertz CT molecular complexity index is 673. The highest BCUT2D eigenvalue weighted by atomic mass is 16.5. The summed E-state index contributed by atoms with van der Waals surface area (Å²) < 4.78 is 5.18. The fourth-order valence-corrected chi connectivity index (χ4v) is 3.19. The Morgan fingerprint density at radius 2 is 1.62 bits per heavy atom. The molecule has 1 aromatic carbocycles. The molecule has 0 saturated carbocycles. The lowest BCUT2D eigenvalue weighted by molar-refractivity contribution is -0.137. The van der Waals surface area contributed by atoms with E-state index in [9.17, 15) is 9.59 Å². The molecule has 0 atom stereocenters. The number of imide groups is 1. The van der Waals surface area contributed by atoms with Gasteiger partial charge < -0.3 is 14.5 Å². The van der Waals surface area contributed by atoms with Crippen LogP contribution in [-0.2, 0) is 9.59 Å². The number of benzene rings is 1. The molecule has 1 saturated heterocycles. The highest BCUT2D eigenvalue weighted by Crippen LogP contribution is 2.32. The number of carbonyl (C=O) groups excluding carboxylic acids is 2. The fourth-order valence-electron chi connectivity index (χ4n) is 3.19. The average molecular weight is 329 g/mol.